The minimum Gasteiger partial charge on any atom is -0.493 e. The van der Waals surface area contributed by atoms with Gasteiger partial charge in [0.25, 0.3) is 5.91 Å². The van der Waals surface area contributed by atoms with Crippen LogP contribution < -0.4 is 14.8 Å². The second-order valence-electron chi connectivity index (χ2n) is 5.37. The van der Waals surface area contributed by atoms with Gasteiger partial charge in [-0.25, -0.2) is 0 Å². The van der Waals surface area contributed by atoms with E-state index in [0.717, 1.165) is 4.88 Å². The number of hydrogen-bond donors (Lipinski definition) is 1. The molecule has 136 valence electrons. The van der Waals surface area contributed by atoms with E-state index in [1.807, 2.05) is 36.6 Å². The maximum atomic E-state index is 12.4. The number of nitrogens with zero attached hydrogens (tertiary/aromatic N) is 2. The number of methoxy groups -OCH3 is 1. The lowest BCUT2D eigenvalue weighted by molar-refractivity contribution is -0.128. The number of para-hydroxylation sites is 2. The van der Waals surface area contributed by atoms with Crippen molar-refractivity contribution in [3.05, 3.63) is 47.7 Å². The number of hydrogen-bond acceptors (Lipinski definition) is 7. The molecule has 7 nitrogen and oxygen atoms in total. The largest absolute Gasteiger partial charge is 0.493 e. The molecule has 0 aliphatic rings. The smallest absolute Gasteiger partial charge is 0.261 e. The molecule has 2 heterocycles. The van der Waals surface area contributed by atoms with E-state index in [2.05, 4.69) is 15.5 Å². The fourth-order valence-corrected chi connectivity index (χ4v) is 2.95. The Labute approximate surface area is 154 Å². The SMILES string of the molecule is CC[C@@H](Oc1ccccc1OC)C(=O)NCc1nc(-c2cccs2)no1. The molecule has 1 amide bonds. The second kappa shape index (κ2) is 8.48. The van der Waals surface area contributed by atoms with Crippen molar-refractivity contribution in [1.29, 1.82) is 0 Å². The molecule has 8 heteroatoms. The number of ether oxygens (including phenoxy) is 2. The first-order valence-corrected chi connectivity index (χ1v) is 9.03. The van der Waals surface area contributed by atoms with Gasteiger partial charge in [-0.15, -0.1) is 11.3 Å². The summed E-state index contributed by atoms with van der Waals surface area (Å²) in [4.78, 5) is 17.6. The highest BCUT2D eigenvalue weighted by Crippen LogP contribution is 2.27. The van der Waals surface area contributed by atoms with Gasteiger partial charge in [0.15, 0.2) is 17.6 Å². The number of thiophene rings is 1. The standard InChI is InChI=1S/C18H19N3O4S/c1-3-12(24-14-8-5-4-7-13(14)23-2)18(22)19-11-16-20-17(21-25-16)15-9-6-10-26-15/h4-10,12H,3,11H2,1-2H3,(H,19,22)/t12-/m1/s1. The van der Waals surface area contributed by atoms with Gasteiger partial charge in [0.2, 0.25) is 11.7 Å². The second-order valence-corrected chi connectivity index (χ2v) is 6.32. The summed E-state index contributed by atoms with van der Waals surface area (Å²) in [6.45, 7) is 2.02. The summed E-state index contributed by atoms with van der Waals surface area (Å²) in [5.41, 5.74) is 0. The molecule has 2 aromatic heterocycles. The molecule has 1 atom stereocenters. The van der Waals surface area contributed by atoms with E-state index in [1.54, 1.807) is 19.2 Å². The molecular formula is C18H19N3O4S. The van der Waals surface area contributed by atoms with Crippen molar-refractivity contribution in [3.63, 3.8) is 0 Å². The van der Waals surface area contributed by atoms with Crippen molar-refractivity contribution < 1.29 is 18.8 Å². The lowest BCUT2D eigenvalue weighted by atomic mass is 10.2. The maximum absolute atomic E-state index is 12.4. The molecule has 0 unspecified atom stereocenters. The first kappa shape index (κ1) is 17.9. The molecule has 0 spiro atoms. The fraction of sp³-hybridized carbons (Fsp3) is 0.278. The van der Waals surface area contributed by atoms with Crippen LogP contribution >= 0.6 is 11.3 Å². The minimum absolute atomic E-state index is 0.142. The van der Waals surface area contributed by atoms with Crippen molar-refractivity contribution in [2.24, 2.45) is 0 Å². The van der Waals surface area contributed by atoms with Crippen molar-refractivity contribution in [3.8, 4) is 22.2 Å². The van der Waals surface area contributed by atoms with Gasteiger partial charge in [-0.2, -0.15) is 4.98 Å². The highest BCUT2D eigenvalue weighted by Gasteiger charge is 2.20. The minimum atomic E-state index is -0.647. The summed E-state index contributed by atoms with van der Waals surface area (Å²) < 4.78 is 16.2. The van der Waals surface area contributed by atoms with E-state index in [-0.39, 0.29) is 12.5 Å². The molecule has 0 bridgehead atoms. The molecule has 26 heavy (non-hydrogen) atoms. The summed E-state index contributed by atoms with van der Waals surface area (Å²) in [7, 11) is 1.56. The van der Waals surface area contributed by atoms with Crippen LogP contribution in [-0.4, -0.2) is 29.3 Å². The molecular weight excluding hydrogens is 354 g/mol. The van der Waals surface area contributed by atoms with Crippen molar-refractivity contribution in [1.82, 2.24) is 15.5 Å². The Bertz CT molecular complexity index is 848. The molecule has 0 aliphatic heterocycles. The zero-order chi connectivity index (χ0) is 18.4. The fourth-order valence-electron chi connectivity index (χ4n) is 2.30. The van der Waals surface area contributed by atoms with Crippen LogP contribution in [0.25, 0.3) is 10.7 Å². The number of benzene rings is 1. The first-order valence-electron chi connectivity index (χ1n) is 8.15. The molecule has 3 rings (SSSR count). The van der Waals surface area contributed by atoms with E-state index >= 15 is 0 Å². The Morgan fingerprint density at radius 3 is 2.77 bits per heavy atom. The van der Waals surface area contributed by atoms with Crippen LogP contribution in [0, 0.1) is 0 Å². The van der Waals surface area contributed by atoms with Crippen LogP contribution in [-0.2, 0) is 11.3 Å². The van der Waals surface area contributed by atoms with Crippen LogP contribution in [0.1, 0.15) is 19.2 Å². The molecule has 1 N–H and O–H groups in total. The summed E-state index contributed by atoms with van der Waals surface area (Å²) in [6, 6.07) is 11.0. The monoisotopic (exact) mass is 373 g/mol. The van der Waals surface area contributed by atoms with Gasteiger partial charge >= 0.3 is 0 Å². The van der Waals surface area contributed by atoms with Gasteiger partial charge in [0.1, 0.15) is 0 Å². The van der Waals surface area contributed by atoms with Crippen molar-refractivity contribution >= 4 is 17.2 Å². The predicted octanol–water partition coefficient (Wildman–Crippen LogP) is 3.28. The van der Waals surface area contributed by atoms with Gasteiger partial charge < -0.3 is 19.3 Å². The normalized spacial score (nSPS) is 11.8. The molecule has 3 aromatic rings. The number of carbonyl (C=O) groups excluding carboxylic acids is 1. The predicted molar refractivity (Wildman–Crippen MR) is 97.2 cm³/mol. The lowest BCUT2D eigenvalue weighted by Crippen LogP contribution is -2.37. The Balaban J connectivity index is 1.59. The average Bonchev–Trinajstić information content (AvgIpc) is 3.35. The Morgan fingerprint density at radius 1 is 1.27 bits per heavy atom. The third-order valence-corrected chi connectivity index (χ3v) is 4.49. The molecule has 0 aliphatic carbocycles. The van der Waals surface area contributed by atoms with Crippen molar-refractivity contribution in [2.45, 2.75) is 26.0 Å². The van der Waals surface area contributed by atoms with Crippen LogP contribution in [0.2, 0.25) is 0 Å². The average molecular weight is 373 g/mol. The zero-order valence-electron chi connectivity index (χ0n) is 14.5. The highest BCUT2D eigenvalue weighted by molar-refractivity contribution is 7.13. The zero-order valence-corrected chi connectivity index (χ0v) is 15.3. The summed E-state index contributed by atoms with van der Waals surface area (Å²) in [5.74, 6) is 1.70. The lowest BCUT2D eigenvalue weighted by Gasteiger charge is -2.18. The molecule has 0 radical (unpaired) electrons. The van der Waals surface area contributed by atoms with Gasteiger partial charge in [-0.3, -0.25) is 4.79 Å². The Morgan fingerprint density at radius 2 is 2.08 bits per heavy atom. The number of aromatic nitrogens is 2. The number of carbonyl (C=O) groups is 1. The van der Waals surface area contributed by atoms with E-state index in [9.17, 15) is 4.79 Å². The Kier molecular flexibility index (Phi) is 5.85. The van der Waals surface area contributed by atoms with E-state index in [0.29, 0.717) is 29.6 Å². The summed E-state index contributed by atoms with van der Waals surface area (Å²) in [6.07, 6.45) is -0.139. The van der Waals surface area contributed by atoms with Gasteiger partial charge in [0, 0.05) is 0 Å². The quantitative estimate of drug-likeness (QED) is 0.652. The van der Waals surface area contributed by atoms with E-state index < -0.39 is 6.10 Å². The highest BCUT2D eigenvalue weighted by atomic mass is 32.1. The summed E-state index contributed by atoms with van der Waals surface area (Å²) >= 11 is 1.52. The van der Waals surface area contributed by atoms with Crippen LogP contribution in [0.4, 0.5) is 0 Å². The van der Waals surface area contributed by atoms with Crippen LogP contribution in [0.3, 0.4) is 0 Å². The molecule has 0 fully saturated rings. The topological polar surface area (TPSA) is 86.5 Å². The van der Waals surface area contributed by atoms with Crippen LogP contribution in [0.15, 0.2) is 46.3 Å². The van der Waals surface area contributed by atoms with Crippen LogP contribution in [0.5, 0.6) is 11.5 Å². The van der Waals surface area contributed by atoms with Crippen molar-refractivity contribution in [2.75, 3.05) is 7.11 Å². The molecule has 0 saturated carbocycles. The van der Waals surface area contributed by atoms with Gasteiger partial charge in [-0.1, -0.05) is 30.3 Å². The Hall–Kier alpha value is -2.87. The first-order chi connectivity index (χ1) is 12.7. The summed E-state index contributed by atoms with van der Waals surface area (Å²) in [5, 5.41) is 8.62. The van der Waals surface area contributed by atoms with E-state index in [4.69, 9.17) is 14.0 Å². The number of amides is 1. The maximum Gasteiger partial charge on any atom is 0.261 e. The van der Waals surface area contributed by atoms with Gasteiger partial charge in [-0.05, 0) is 30.0 Å². The number of rotatable bonds is 8. The molecule has 0 saturated heterocycles. The van der Waals surface area contributed by atoms with E-state index in [1.165, 1.54) is 11.3 Å². The molecule has 1 aromatic carbocycles. The third-order valence-electron chi connectivity index (χ3n) is 3.63. The number of nitrogens with one attached hydrogen (secondary N) is 1. The third kappa shape index (κ3) is 4.20. The van der Waals surface area contributed by atoms with Gasteiger partial charge in [0.05, 0.1) is 18.5 Å².